The molecule has 19 heavy (non-hydrogen) atoms. The van der Waals surface area contributed by atoms with Crippen LogP contribution in [0.4, 0.5) is 0 Å². The highest BCUT2D eigenvalue weighted by Crippen LogP contribution is 2.14. The van der Waals surface area contributed by atoms with Gasteiger partial charge in [0.15, 0.2) is 5.03 Å². The minimum Gasteiger partial charge on any atom is -0.326 e. The summed E-state index contributed by atoms with van der Waals surface area (Å²) in [5, 5.41) is 6.21. The zero-order chi connectivity index (χ0) is 13.9. The SMILES string of the molecule is CN(Cc1ccc(CN)cc1)S(=O)(=O)c1ccn[nH]1. The van der Waals surface area contributed by atoms with Crippen molar-refractivity contribution in [2.75, 3.05) is 7.05 Å². The molecule has 7 heteroatoms. The predicted molar refractivity (Wildman–Crippen MR) is 71.6 cm³/mol. The number of rotatable bonds is 5. The number of aromatic amines is 1. The fourth-order valence-corrected chi connectivity index (χ4v) is 2.73. The van der Waals surface area contributed by atoms with E-state index in [4.69, 9.17) is 5.73 Å². The van der Waals surface area contributed by atoms with Crippen molar-refractivity contribution in [2.24, 2.45) is 5.73 Å². The van der Waals surface area contributed by atoms with Crippen molar-refractivity contribution in [2.45, 2.75) is 18.1 Å². The highest BCUT2D eigenvalue weighted by atomic mass is 32.2. The van der Waals surface area contributed by atoms with E-state index in [0.717, 1.165) is 11.1 Å². The van der Waals surface area contributed by atoms with Crippen LogP contribution in [0.3, 0.4) is 0 Å². The van der Waals surface area contributed by atoms with Crippen molar-refractivity contribution in [1.82, 2.24) is 14.5 Å². The van der Waals surface area contributed by atoms with E-state index in [-0.39, 0.29) is 5.03 Å². The molecule has 0 aliphatic heterocycles. The second kappa shape index (κ2) is 5.52. The summed E-state index contributed by atoms with van der Waals surface area (Å²) >= 11 is 0. The predicted octanol–water partition coefficient (Wildman–Crippen LogP) is 0.689. The number of aromatic nitrogens is 2. The largest absolute Gasteiger partial charge is 0.326 e. The molecule has 102 valence electrons. The molecule has 0 aliphatic rings. The number of nitrogens with two attached hydrogens (primary N) is 1. The summed E-state index contributed by atoms with van der Waals surface area (Å²) < 4.78 is 25.6. The molecule has 1 aromatic heterocycles. The van der Waals surface area contributed by atoms with Crippen molar-refractivity contribution >= 4 is 10.0 Å². The number of H-pyrrole nitrogens is 1. The highest BCUT2D eigenvalue weighted by Gasteiger charge is 2.21. The van der Waals surface area contributed by atoms with E-state index < -0.39 is 10.0 Å². The van der Waals surface area contributed by atoms with Gasteiger partial charge < -0.3 is 5.73 Å². The van der Waals surface area contributed by atoms with E-state index in [1.807, 2.05) is 24.3 Å². The lowest BCUT2D eigenvalue weighted by Gasteiger charge is -2.16. The van der Waals surface area contributed by atoms with E-state index in [1.165, 1.54) is 23.6 Å². The second-order valence-corrected chi connectivity index (χ2v) is 6.22. The number of hydrogen-bond acceptors (Lipinski definition) is 4. The van der Waals surface area contributed by atoms with Crippen LogP contribution in [0.25, 0.3) is 0 Å². The van der Waals surface area contributed by atoms with E-state index >= 15 is 0 Å². The van der Waals surface area contributed by atoms with Gasteiger partial charge in [-0.1, -0.05) is 24.3 Å². The average Bonchev–Trinajstić information content (AvgIpc) is 2.94. The van der Waals surface area contributed by atoms with E-state index in [1.54, 1.807) is 0 Å². The quantitative estimate of drug-likeness (QED) is 0.842. The molecule has 0 bridgehead atoms. The summed E-state index contributed by atoms with van der Waals surface area (Å²) in [4.78, 5) is 0. The molecular formula is C12H16N4O2S. The molecule has 0 amide bonds. The number of sulfonamides is 1. The summed E-state index contributed by atoms with van der Waals surface area (Å²) in [5.41, 5.74) is 7.44. The first-order chi connectivity index (χ1) is 9.04. The van der Waals surface area contributed by atoms with Gasteiger partial charge in [0.05, 0.1) is 6.20 Å². The highest BCUT2D eigenvalue weighted by molar-refractivity contribution is 7.89. The maximum atomic E-state index is 12.2. The maximum absolute atomic E-state index is 12.2. The molecule has 0 radical (unpaired) electrons. The molecule has 2 aromatic rings. The molecule has 0 fully saturated rings. The summed E-state index contributed by atoms with van der Waals surface area (Å²) in [6.45, 7) is 0.773. The third kappa shape index (κ3) is 3.01. The monoisotopic (exact) mass is 280 g/mol. The lowest BCUT2D eigenvalue weighted by atomic mass is 10.1. The van der Waals surface area contributed by atoms with Crippen LogP contribution in [-0.4, -0.2) is 30.0 Å². The van der Waals surface area contributed by atoms with Gasteiger partial charge in [-0.15, -0.1) is 0 Å². The number of nitrogens with one attached hydrogen (secondary N) is 1. The van der Waals surface area contributed by atoms with E-state index in [9.17, 15) is 8.42 Å². The smallest absolute Gasteiger partial charge is 0.260 e. The lowest BCUT2D eigenvalue weighted by molar-refractivity contribution is 0.463. The molecule has 0 spiro atoms. The zero-order valence-corrected chi connectivity index (χ0v) is 11.4. The van der Waals surface area contributed by atoms with Gasteiger partial charge in [0.2, 0.25) is 0 Å². The molecular weight excluding hydrogens is 264 g/mol. The Morgan fingerprint density at radius 1 is 1.21 bits per heavy atom. The van der Waals surface area contributed by atoms with Gasteiger partial charge in [0.25, 0.3) is 10.0 Å². The first-order valence-electron chi connectivity index (χ1n) is 5.77. The fraction of sp³-hybridized carbons (Fsp3) is 0.250. The van der Waals surface area contributed by atoms with Crippen LogP contribution in [0.5, 0.6) is 0 Å². The molecule has 0 unspecified atom stereocenters. The van der Waals surface area contributed by atoms with Crippen molar-refractivity contribution < 1.29 is 8.42 Å². The van der Waals surface area contributed by atoms with E-state index in [0.29, 0.717) is 13.1 Å². The fourth-order valence-electron chi connectivity index (χ4n) is 1.68. The van der Waals surface area contributed by atoms with Gasteiger partial charge in [-0.05, 0) is 17.2 Å². The average molecular weight is 280 g/mol. The van der Waals surface area contributed by atoms with Gasteiger partial charge in [-0.25, -0.2) is 8.42 Å². The van der Waals surface area contributed by atoms with Crippen LogP contribution in [0, 0.1) is 0 Å². The van der Waals surface area contributed by atoms with Gasteiger partial charge in [-0.2, -0.15) is 9.40 Å². The van der Waals surface area contributed by atoms with Crippen LogP contribution in [0.1, 0.15) is 11.1 Å². The molecule has 6 nitrogen and oxygen atoms in total. The summed E-state index contributed by atoms with van der Waals surface area (Å²) in [7, 11) is -1.98. The second-order valence-electron chi connectivity index (χ2n) is 4.20. The molecule has 1 heterocycles. The van der Waals surface area contributed by atoms with Crippen molar-refractivity contribution in [3.8, 4) is 0 Å². The van der Waals surface area contributed by atoms with Crippen molar-refractivity contribution in [3.05, 3.63) is 47.7 Å². The first kappa shape index (κ1) is 13.7. The third-order valence-corrected chi connectivity index (χ3v) is 4.56. The summed E-state index contributed by atoms with van der Waals surface area (Å²) in [5.74, 6) is 0. The molecule has 0 aliphatic carbocycles. The Hall–Kier alpha value is -1.70. The molecule has 0 atom stereocenters. The number of nitrogens with zero attached hydrogens (tertiary/aromatic N) is 2. The van der Waals surface area contributed by atoms with Crippen molar-refractivity contribution in [3.63, 3.8) is 0 Å². The van der Waals surface area contributed by atoms with Crippen LogP contribution in [0.2, 0.25) is 0 Å². The van der Waals surface area contributed by atoms with Gasteiger partial charge in [-0.3, -0.25) is 5.10 Å². The third-order valence-electron chi connectivity index (χ3n) is 2.83. The number of hydrogen-bond donors (Lipinski definition) is 2. The Bertz CT molecular complexity index is 620. The normalized spacial score (nSPS) is 11.9. The first-order valence-corrected chi connectivity index (χ1v) is 7.21. The Morgan fingerprint density at radius 3 is 2.37 bits per heavy atom. The Balaban J connectivity index is 2.14. The standard InChI is InChI=1S/C12H16N4O2S/c1-16(19(17,18)12-6-7-14-15-12)9-11-4-2-10(8-13)3-5-11/h2-7H,8-9,13H2,1H3,(H,14,15). The maximum Gasteiger partial charge on any atom is 0.260 e. The molecule has 0 saturated carbocycles. The minimum atomic E-state index is -3.52. The van der Waals surface area contributed by atoms with Crippen LogP contribution in [0.15, 0.2) is 41.6 Å². The van der Waals surface area contributed by atoms with Crippen LogP contribution in [-0.2, 0) is 23.1 Å². The Kier molecular flexibility index (Phi) is 3.98. The molecule has 0 saturated heterocycles. The zero-order valence-electron chi connectivity index (χ0n) is 10.6. The van der Waals surface area contributed by atoms with Crippen LogP contribution >= 0.6 is 0 Å². The van der Waals surface area contributed by atoms with Crippen molar-refractivity contribution in [1.29, 1.82) is 0 Å². The van der Waals surface area contributed by atoms with Crippen LogP contribution < -0.4 is 5.73 Å². The van der Waals surface area contributed by atoms with Gasteiger partial charge >= 0.3 is 0 Å². The van der Waals surface area contributed by atoms with Gasteiger partial charge in [0, 0.05) is 20.1 Å². The lowest BCUT2D eigenvalue weighted by Crippen LogP contribution is -2.26. The van der Waals surface area contributed by atoms with E-state index in [2.05, 4.69) is 10.2 Å². The summed E-state index contributed by atoms with van der Waals surface area (Å²) in [6, 6.07) is 8.98. The Morgan fingerprint density at radius 2 is 1.84 bits per heavy atom. The van der Waals surface area contributed by atoms with Gasteiger partial charge in [0.1, 0.15) is 0 Å². The topological polar surface area (TPSA) is 92.1 Å². The molecule has 3 N–H and O–H groups in total. The Labute approximate surface area is 112 Å². The molecule has 1 aromatic carbocycles. The minimum absolute atomic E-state index is 0.0913. The summed E-state index contributed by atoms with van der Waals surface area (Å²) in [6.07, 6.45) is 1.41. The molecule has 2 rings (SSSR count). The number of benzene rings is 1.